The summed E-state index contributed by atoms with van der Waals surface area (Å²) in [4.78, 5) is 0. The van der Waals surface area contributed by atoms with Gasteiger partial charge in [-0.15, -0.1) is 0 Å². The highest BCUT2D eigenvalue weighted by Gasteiger charge is 2.19. The predicted octanol–water partition coefficient (Wildman–Crippen LogP) is 3.15. The second-order valence-electron chi connectivity index (χ2n) is 4.29. The molecule has 3 aromatic rings. The molecule has 0 aliphatic carbocycles. The molecule has 1 heterocycles. The van der Waals surface area contributed by atoms with Crippen molar-refractivity contribution < 1.29 is 9.47 Å². The Kier molecular flexibility index (Phi) is 2.80. The third-order valence-corrected chi connectivity index (χ3v) is 3.15. The number of ether oxygens (including phenoxy) is 1. The van der Waals surface area contributed by atoms with Crippen molar-refractivity contribution in [2.24, 2.45) is 0 Å². The van der Waals surface area contributed by atoms with Crippen LogP contribution in [-0.4, -0.2) is 7.11 Å². The molecule has 0 radical (unpaired) electrons. The summed E-state index contributed by atoms with van der Waals surface area (Å²) in [5, 5.41) is 14.1. The van der Waals surface area contributed by atoms with Crippen LogP contribution in [-0.2, 0) is 0 Å². The number of pyridine rings is 1. The molecule has 1 aromatic heterocycles. The summed E-state index contributed by atoms with van der Waals surface area (Å²) in [6.07, 6.45) is 1.58. The van der Waals surface area contributed by atoms with E-state index in [0.717, 1.165) is 21.1 Å². The average Bonchev–Trinajstić information content (AvgIpc) is 2.46. The summed E-state index contributed by atoms with van der Waals surface area (Å²) in [6, 6.07) is 17.3. The van der Waals surface area contributed by atoms with Crippen LogP contribution >= 0.6 is 0 Å². The van der Waals surface area contributed by atoms with Crippen molar-refractivity contribution in [2.75, 3.05) is 7.11 Å². The van der Waals surface area contributed by atoms with E-state index in [-0.39, 0.29) is 0 Å². The molecule has 2 aromatic carbocycles. The van der Waals surface area contributed by atoms with E-state index < -0.39 is 0 Å². The van der Waals surface area contributed by atoms with Gasteiger partial charge in [0.1, 0.15) is 0 Å². The van der Waals surface area contributed by atoms with E-state index >= 15 is 0 Å². The molecule has 0 aliphatic rings. The molecule has 94 valence electrons. The first-order valence-corrected chi connectivity index (χ1v) is 6.05. The minimum atomic E-state index is 0.543. The summed E-state index contributed by atoms with van der Waals surface area (Å²) in [5.41, 5.74) is 1.39. The molecule has 0 bridgehead atoms. The van der Waals surface area contributed by atoms with Crippen molar-refractivity contribution in [2.45, 2.75) is 0 Å². The van der Waals surface area contributed by atoms with Gasteiger partial charge in [0.25, 0.3) is 5.69 Å². The molecule has 0 N–H and O–H groups in total. The van der Waals surface area contributed by atoms with Crippen molar-refractivity contribution in [3.05, 3.63) is 66.0 Å². The maximum atomic E-state index is 12.3. The lowest BCUT2D eigenvalue weighted by molar-refractivity contribution is -0.592. The second kappa shape index (κ2) is 4.61. The maximum absolute atomic E-state index is 12.3. The molecule has 3 nitrogen and oxygen atoms in total. The second-order valence-corrected chi connectivity index (χ2v) is 4.29. The quantitative estimate of drug-likeness (QED) is 0.518. The monoisotopic (exact) mass is 251 g/mol. The van der Waals surface area contributed by atoms with Gasteiger partial charge in [0.05, 0.1) is 18.1 Å². The standard InChI is InChI=1S/C16H13NO2/c1-19-16-14-10-6-5-9-13(14)11-17(18)15(16)12-7-3-2-4-8-12/h2-11H,1H3. The lowest BCUT2D eigenvalue weighted by Crippen LogP contribution is -2.29. The number of hydrogen-bond donors (Lipinski definition) is 0. The Bertz CT molecular complexity index is 723. The molecule has 19 heavy (non-hydrogen) atoms. The Morgan fingerprint density at radius 1 is 0.947 bits per heavy atom. The third-order valence-electron chi connectivity index (χ3n) is 3.15. The van der Waals surface area contributed by atoms with Gasteiger partial charge in [0.2, 0.25) is 5.75 Å². The number of aromatic nitrogens is 1. The molecule has 0 unspecified atom stereocenters. The van der Waals surface area contributed by atoms with E-state index in [1.54, 1.807) is 13.3 Å². The zero-order chi connectivity index (χ0) is 13.2. The van der Waals surface area contributed by atoms with E-state index in [1.165, 1.54) is 0 Å². The molecular formula is C16H13NO2. The molecule has 0 amide bonds. The van der Waals surface area contributed by atoms with Gasteiger partial charge in [-0.1, -0.05) is 36.4 Å². The number of fused-ring (bicyclic) bond motifs is 1. The number of rotatable bonds is 2. The summed E-state index contributed by atoms with van der Waals surface area (Å²) in [5.74, 6) is 0.610. The predicted molar refractivity (Wildman–Crippen MR) is 74.9 cm³/mol. The maximum Gasteiger partial charge on any atom is 0.266 e. The SMILES string of the molecule is COc1c(-c2ccccc2)[n+]([O-])cc2ccccc12. The lowest BCUT2D eigenvalue weighted by atomic mass is 10.1. The Balaban J connectivity index is 2.38. The number of hydrogen-bond acceptors (Lipinski definition) is 2. The van der Waals surface area contributed by atoms with E-state index in [4.69, 9.17) is 4.74 Å². The summed E-state index contributed by atoms with van der Waals surface area (Å²) < 4.78 is 6.34. The minimum absolute atomic E-state index is 0.543. The zero-order valence-corrected chi connectivity index (χ0v) is 10.5. The number of methoxy groups -OCH3 is 1. The van der Waals surface area contributed by atoms with Gasteiger partial charge in [-0.3, -0.25) is 0 Å². The van der Waals surface area contributed by atoms with Gasteiger partial charge in [0.15, 0.2) is 6.20 Å². The molecule has 0 fully saturated rings. The lowest BCUT2D eigenvalue weighted by Gasteiger charge is -2.12. The van der Waals surface area contributed by atoms with Crippen LogP contribution in [0.4, 0.5) is 0 Å². The summed E-state index contributed by atoms with van der Waals surface area (Å²) in [7, 11) is 1.59. The van der Waals surface area contributed by atoms with E-state index in [2.05, 4.69) is 0 Å². The van der Waals surface area contributed by atoms with E-state index in [1.807, 2.05) is 54.6 Å². The molecule has 0 saturated heterocycles. The van der Waals surface area contributed by atoms with Crippen LogP contribution in [0.1, 0.15) is 0 Å². The summed E-state index contributed by atoms with van der Waals surface area (Å²) in [6.45, 7) is 0. The van der Waals surface area contributed by atoms with E-state index in [0.29, 0.717) is 11.4 Å². The Morgan fingerprint density at radius 3 is 2.37 bits per heavy atom. The molecule has 0 spiro atoms. The average molecular weight is 251 g/mol. The third kappa shape index (κ3) is 1.89. The van der Waals surface area contributed by atoms with Crippen molar-refractivity contribution in [3.8, 4) is 17.0 Å². The van der Waals surface area contributed by atoms with E-state index in [9.17, 15) is 5.21 Å². The number of benzene rings is 2. The van der Waals surface area contributed by atoms with Crippen LogP contribution in [0.15, 0.2) is 60.8 Å². The van der Waals surface area contributed by atoms with Crippen LogP contribution in [0.3, 0.4) is 0 Å². The molecule has 0 aliphatic heterocycles. The van der Waals surface area contributed by atoms with Gasteiger partial charge < -0.3 is 9.94 Å². The Morgan fingerprint density at radius 2 is 1.63 bits per heavy atom. The fourth-order valence-corrected chi connectivity index (χ4v) is 2.30. The van der Waals surface area contributed by atoms with Crippen molar-refractivity contribution in [3.63, 3.8) is 0 Å². The normalized spacial score (nSPS) is 10.6. The van der Waals surface area contributed by atoms with Gasteiger partial charge >= 0.3 is 0 Å². The van der Waals surface area contributed by atoms with Crippen molar-refractivity contribution >= 4 is 10.8 Å². The first kappa shape index (κ1) is 11.5. The highest BCUT2D eigenvalue weighted by molar-refractivity contribution is 5.91. The first-order valence-electron chi connectivity index (χ1n) is 6.05. The molecule has 0 saturated carbocycles. The highest BCUT2D eigenvalue weighted by atomic mass is 16.5. The minimum Gasteiger partial charge on any atom is -0.618 e. The highest BCUT2D eigenvalue weighted by Crippen LogP contribution is 2.33. The van der Waals surface area contributed by atoms with Gasteiger partial charge in [-0.05, 0) is 18.2 Å². The van der Waals surface area contributed by atoms with Crippen LogP contribution in [0.2, 0.25) is 0 Å². The first-order chi connectivity index (χ1) is 9.31. The molecule has 3 rings (SSSR count). The van der Waals surface area contributed by atoms with Crippen LogP contribution < -0.4 is 9.47 Å². The fourth-order valence-electron chi connectivity index (χ4n) is 2.30. The van der Waals surface area contributed by atoms with Crippen LogP contribution in [0.25, 0.3) is 22.0 Å². The van der Waals surface area contributed by atoms with Gasteiger partial charge in [-0.2, -0.15) is 4.73 Å². The van der Waals surface area contributed by atoms with Gasteiger partial charge in [-0.25, -0.2) is 0 Å². The largest absolute Gasteiger partial charge is 0.618 e. The Hall–Kier alpha value is -2.55. The zero-order valence-electron chi connectivity index (χ0n) is 10.5. The van der Waals surface area contributed by atoms with Crippen molar-refractivity contribution in [1.29, 1.82) is 0 Å². The Labute approximate surface area is 111 Å². The topological polar surface area (TPSA) is 36.2 Å². The summed E-state index contributed by atoms with van der Waals surface area (Å²) >= 11 is 0. The smallest absolute Gasteiger partial charge is 0.266 e. The van der Waals surface area contributed by atoms with Crippen LogP contribution in [0, 0.1) is 5.21 Å². The fraction of sp³-hybridized carbons (Fsp3) is 0.0625. The number of nitrogens with zero attached hydrogens (tertiary/aromatic N) is 1. The molecular weight excluding hydrogens is 238 g/mol. The van der Waals surface area contributed by atoms with Crippen molar-refractivity contribution in [1.82, 2.24) is 0 Å². The molecule has 3 heteroatoms. The van der Waals surface area contributed by atoms with Crippen LogP contribution in [0.5, 0.6) is 5.75 Å². The van der Waals surface area contributed by atoms with Gasteiger partial charge in [0, 0.05) is 5.39 Å². The molecule has 0 atom stereocenters.